The molecule has 0 unspecified atom stereocenters. The van der Waals surface area contributed by atoms with Crippen molar-refractivity contribution in [1.82, 2.24) is 0 Å². The second kappa shape index (κ2) is 4.04. The van der Waals surface area contributed by atoms with Gasteiger partial charge in [-0.3, -0.25) is 0 Å². The Labute approximate surface area is 94.5 Å². The molecule has 0 amide bonds. The average molecular weight is 222 g/mol. The largest absolute Gasteiger partial charge is 0.493 e. The smallest absolute Gasteiger partial charge is 0.340 e. The van der Waals surface area contributed by atoms with Gasteiger partial charge in [0.1, 0.15) is 13.0 Å². The Kier molecular flexibility index (Phi) is 2.73. The molecule has 2 N–H and O–H groups in total. The zero-order valence-corrected chi connectivity index (χ0v) is 9.70. The standard InChI is InChI=1S/C12H15NO3/c1-13-12(14)9-4-7-5-10(15-2)11(16-3)6-8(7)9/h5-6,9H,4H2,1-3H3,(H,13,14)/p+1/t9-/m0/s1. The summed E-state index contributed by atoms with van der Waals surface area (Å²) in [6, 6.07) is 3.89. The zero-order valence-electron chi connectivity index (χ0n) is 9.70. The summed E-state index contributed by atoms with van der Waals surface area (Å²) in [5.41, 5.74) is 2.30. The second-order valence-corrected chi connectivity index (χ2v) is 3.80. The van der Waals surface area contributed by atoms with Crippen LogP contribution in [0.4, 0.5) is 0 Å². The molecule has 1 atom stereocenters. The lowest BCUT2D eigenvalue weighted by Gasteiger charge is -2.27. The molecule has 1 aromatic carbocycles. The van der Waals surface area contributed by atoms with Crippen LogP contribution in [0, 0.1) is 0 Å². The van der Waals surface area contributed by atoms with E-state index in [9.17, 15) is 5.11 Å². The normalized spacial score (nSPS) is 18.7. The molecule has 2 rings (SSSR count). The highest BCUT2D eigenvalue weighted by atomic mass is 16.5. The molecule has 0 aliphatic heterocycles. The van der Waals surface area contributed by atoms with Crippen LogP contribution in [0.25, 0.3) is 0 Å². The Morgan fingerprint density at radius 3 is 2.50 bits per heavy atom. The van der Waals surface area contributed by atoms with E-state index in [0.717, 1.165) is 17.7 Å². The fraction of sp³-hybridized carbons (Fsp3) is 0.417. The van der Waals surface area contributed by atoms with Gasteiger partial charge in [-0.2, -0.15) is 0 Å². The molecule has 0 fully saturated rings. The van der Waals surface area contributed by atoms with Gasteiger partial charge in [0.15, 0.2) is 11.5 Å². The third kappa shape index (κ3) is 1.50. The van der Waals surface area contributed by atoms with Gasteiger partial charge in [-0.05, 0) is 29.7 Å². The third-order valence-electron chi connectivity index (χ3n) is 3.03. The van der Waals surface area contributed by atoms with Gasteiger partial charge < -0.3 is 14.6 Å². The molecule has 1 aliphatic rings. The summed E-state index contributed by atoms with van der Waals surface area (Å²) >= 11 is 0. The first-order valence-electron chi connectivity index (χ1n) is 5.19. The van der Waals surface area contributed by atoms with E-state index < -0.39 is 0 Å². The van der Waals surface area contributed by atoms with Crippen LogP contribution >= 0.6 is 0 Å². The first-order chi connectivity index (χ1) is 7.71. The molecule has 0 heterocycles. The Balaban J connectivity index is 2.38. The van der Waals surface area contributed by atoms with E-state index in [1.165, 1.54) is 5.56 Å². The van der Waals surface area contributed by atoms with Gasteiger partial charge in [-0.15, -0.1) is 0 Å². The van der Waals surface area contributed by atoms with E-state index in [4.69, 9.17) is 9.47 Å². The number of nitrogens with one attached hydrogen (secondary N) is 1. The number of hydrogen-bond donors (Lipinski definition) is 2. The predicted octanol–water partition coefficient (Wildman–Crippen LogP) is 0.0104. The van der Waals surface area contributed by atoms with Crippen molar-refractivity contribution in [2.75, 3.05) is 21.3 Å². The van der Waals surface area contributed by atoms with Crippen molar-refractivity contribution < 1.29 is 19.6 Å². The fourth-order valence-corrected chi connectivity index (χ4v) is 2.05. The van der Waals surface area contributed by atoms with E-state index in [2.05, 4.69) is 4.99 Å². The maximum absolute atomic E-state index is 9.65. The van der Waals surface area contributed by atoms with E-state index in [1.54, 1.807) is 21.3 Å². The Morgan fingerprint density at radius 2 is 1.94 bits per heavy atom. The monoisotopic (exact) mass is 222 g/mol. The Bertz CT molecular complexity index is 440. The summed E-state index contributed by atoms with van der Waals surface area (Å²) in [6.07, 6.45) is 0.836. The number of rotatable bonds is 3. The molecular weight excluding hydrogens is 206 g/mol. The number of fused-ring (bicyclic) bond motifs is 1. The Hall–Kier alpha value is -1.71. The predicted molar refractivity (Wildman–Crippen MR) is 60.5 cm³/mol. The number of hydrogen-bond acceptors (Lipinski definition) is 2. The minimum Gasteiger partial charge on any atom is -0.493 e. The van der Waals surface area contributed by atoms with Crippen LogP contribution in [0.1, 0.15) is 17.0 Å². The third-order valence-corrected chi connectivity index (χ3v) is 3.03. The topological polar surface area (TPSA) is 52.7 Å². The summed E-state index contributed by atoms with van der Waals surface area (Å²) in [5, 5.41) is 9.65. The van der Waals surface area contributed by atoms with Crippen LogP contribution < -0.4 is 14.5 Å². The van der Waals surface area contributed by atoms with Crippen molar-refractivity contribution in [3.05, 3.63) is 23.3 Å². The summed E-state index contributed by atoms with van der Waals surface area (Å²) in [6.45, 7) is 0. The lowest BCUT2D eigenvalue weighted by Crippen LogP contribution is -2.70. The van der Waals surface area contributed by atoms with Gasteiger partial charge in [0.2, 0.25) is 0 Å². The van der Waals surface area contributed by atoms with Gasteiger partial charge in [0.25, 0.3) is 0 Å². The molecule has 16 heavy (non-hydrogen) atoms. The fourth-order valence-electron chi connectivity index (χ4n) is 2.05. The minimum absolute atomic E-state index is 0.0693. The van der Waals surface area contributed by atoms with Gasteiger partial charge in [0, 0.05) is 0 Å². The SMILES string of the molecule is C[NH+]=C(O)[C@H]1Cc2cc(OC)c(OC)cc21. The summed E-state index contributed by atoms with van der Waals surface area (Å²) < 4.78 is 10.4. The molecule has 1 aliphatic carbocycles. The Morgan fingerprint density at radius 1 is 1.31 bits per heavy atom. The van der Waals surface area contributed by atoms with Gasteiger partial charge in [-0.1, -0.05) is 0 Å². The minimum atomic E-state index is 0.0693. The number of ether oxygens (including phenoxy) is 2. The lowest BCUT2D eigenvalue weighted by atomic mass is 9.77. The van der Waals surface area contributed by atoms with Crippen molar-refractivity contribution in [3.8, 4) is 11.5 Å². The maximum Gasteiger partial charge on any atom is 0.340 e. The molecule has 0 bridgehead atoms. The summed E-state index contributed by atoms with van der Waals surface area (Å²) in [5.74, 6) is 1.82. The first kappa shape index (κ1) is 10.8. The molecule has 0 spiro atoms. The number of methoxy groups -OCH3 is 2. The van der Waals surface area contributed by atoms with E-state index in [1.807, 2.05) is 12.1 Å². The molecule has 0 aromatic heterocycles. The van der Waals surface area contributed by atoms with Crippen molar-refractivity contribution in [1.29, 1.82) is 0 Å². The lowest BCUT2D eigenvalue weighted by molar-refractivity contribution is -0.432. The van der Waals surface area contributed by atoms with Gasteiger partial charge in [-0.25, -0.2) is 4.99 Å². The van der Waals surface area contributed by atoms with Crippen LogP contribution in [0.15, 0.2) is 12.1 Å². The van der Waals surface area contributed by atoms with E-state index >= 15 is 0 Å². The van der Waals surface area contributed by atoms with Crippen molar-refractivity contribution in [2.24, 2.45) is 0 Å². The van der Waals surface area contributed by atoms with Crippen LogP contribution in [-0.4, -0.2) is 32.3 Å². The quantitative estimate of drug-likeness (QED) is 0.559. The summed E-state index contributed by atoms with van der Waals surface area (Å²) in [4.78, 5) is 2.77. The molecule has 4 heteroatoms. The van der Waals surface area contributed by atoms with Crippen LogP contribution in [0.3, 0.4) is 0 Å². The van der Waals surface area contributed by atoms with Gasteiger partial charge >= 0.3 is 5.90 Å². The molecule has 4 nitrogen and oxygen atoms in total. The second-order valence-electron chi connectivity index (χ2n) is 3.80. The maximum atomic E-state index is 9.65. The van der Waals surface area contributed by atoms with E-state index in [-0.39, 0.29) is 5.92 Å². The van der Waals surface area contributed by atoms with Crippen LogP contribution in [0.5, 0.6) is 11.5 Å². The molecule has 0 radical (unpaired) electrons. The van der Waals surface area contributed by atoms with Crippen molar-refractivity contribution >= 4 is 5.90 Å². The average Bonchev–Trinajstić information content (AvgIpc) is 2.30. The number of benzene rings is 1. The summed E-state index contributed by atoms with van der Waals surface area (Å²) in [7, 11) is 4.95. The van der Waals surface area contributed by atoms with Gasteiger partial charge in [0.05, 0.1) is 14.2 Å². The molecule has 0 saturated carbocycles. The van der Waals surface area contributed by atoms with Crippen LogP contribution in [0.2, 0.25) is 0 Å². The van der Waals surface area contributed by atoms with Crippen molar-refractivity contribution in [3.63, 3.8) is 0 Å². The zero-order chi connectivity index (χ0) is 11.7. The number of aliphatic hydroxyl groups is 1. The van der Waals surface area contributed by atoms with Crippen LogP contribution in [-0.2, 0) is 6.42 Å². The highest BCUT2D eigenvalue weighted by molar-refractivity contribution is 5.81. The molecule has 86 valence electrons. The molecular formula is C12H16NO3+. The van der Waals surface area contributed by atoms with E-state index in [0.29, 0.717) is 11.6 Å². The number of aliphatic hydroxyl groups excluding tert-OH is 1. The highest BCUT2D eigenvalue weighted by Gasteiger charge is 2.35. The highest BCUT2D eigenvalue weighted by Crippen LogP contribution is 2.42. The first-order valence-corrected chi connectivity index (χ1v) is 5.19. The molecule has 0 saturated heterocycles. The van der Waals surface area contributed by atoms with Crippen molar-refractivity contribution in [2.45, 2.75) is 12.3 Å². The molecule has 1 aromatic rings.